The third-order valence-corrected chi connectivity index (χ3v) is 3.78. The maximum Gasteiger partial charge on any atom is 0.259 e. The smallest absolute Gasteiger partial charge is 0.259 e. The number of carbonyl (C=O) groups excluding carboxylic acids is 1. The number of anilines is 1. The Kier molecular flexibility index (Phi) is 2.60. The van der Waals surface area contributed by atoms with Gasteiger partial charge in [0, 0.05) is 11.3 Å². The summed E-state index contributed by atoms with van der Waals surface area (Å²) in [5.41, 5.74) is 3.38. The van der Waals surface area contributed by atoms with E-state index in [2.05, 4.69) is 4.98 Å². The molecule has 21 heavy (non-hydrogen) atoms. The highest BCUT2D eigenvalue weighted by Crippen LogP contribution is 2.38. The fourth-order valence-electron chi connectivity index (χ4n) is 2.68. The molecule has 5 heteroatoms. The first kappa shape index (κ1) is 12.2. The molecule has 0 N–H and O–H groups in total. The summed E-state index contributed by atoms with van der Waals surface area (Å²) in [5.74, 6) is 1.35. The summed E-state index contributed by atoms with van der Waals surface area (Å²) in [7, 11) is 0. The molecule has 1 aromatic heterocycles. The number of aryl methyl sites for hydroxylation is 1. The van der Waals surface area contributed by atoms with Gasteiger partial charge in [-0.3, -0.25) is 9.78 Å². The summed E-state index contributed by atoms with van der Waals surface area (Å²) in [6, 6.07) is 7.51. The van der Waals surface area contributed by atoms with Crippen LogP contribution in [0.25, 0.3) is 0 Å². The Balaban J connectivity index is 1.72. The predicted molar refractivity (Wildman–Crippen MR) is 76.9 cm³/mol. The molecule has 0 aliphatic carbocycles. The van der Waals surface area contributed by atoms with Gasteiger partial charge in [0.05, 0.1) is 18.4 Å². The number of nitrogens with zero attached hydrogens (tertiary/aromatic N) is 2. The lowest BCUT2D eigenvalue weighted by Crippen LogP contribution is -2.23. The molecule has 0 bridgehead atoms. The normalized spacial score (nSPS) is 16.0. The van der Waals surface area contributed by atoms with E-state index in [1.807, 2.05) is 25.1 Å². The van der Waals surface area contributed by atoms with E-state index in [4.69, 9.17) is 9.47 Å². The summed E-state index contributed by atoms with van der Waals surface area (Å²) in [6.45, 7) is 3.53. The van der Waals surface area contributed by atoms with Gasteiger partial charge in [-0.2, -0.15) is 0 Å². The number of ether oxygens (including phenoxy) is 2. The van der Waals surface area contributed by atoms with E-state index in [1.165, 1.54) is 0 Å². The molecule has 0 saturated carbocycles. The first-order chi connectivity index (χ1) is 10.2. The fourth-order valence-corrected chi connectivity index (χ4v) is 2.68. The zero-order chi connectivity index (χ0) is 14.4. The second-order valence-electron chi connectivity index (χ2n) is 5.20. The Morgan fingerprint density at radius 2 is 1.90 bits per heavy atom. The largest absolute Gasteiger partial charge is 0.486 e. The average molecular weight is 282 g/mol. The van der Waals surface area contributed by atoms with E-state index < -0.39 is 0 Å². The lowest BCUT2D eigenvalue weighted by molar-refractivity contribution is 0.0995. The number of fused-ring (bicyclic) bond motifs is 2. The summed E-state index contributed by atoms with van der Waals surface area (Å²) >= 11 is 0. The molecule has 1 amide bonds. The van der Waals surface area contributed by atoms with Crippen LogP contribution >= 0.6 is 0 Å². The SMILES string of the molecule is Cc1ccc(N2Cc3cc4c(cc3C2=O)OCCO4)cn1. The summed E-state index contributed by atoms with van der Waals surface area (Å²) < 4.78 is 11.1. The molecule has 4 rings (SSSR count). The van der Waals surface area contributed by atoms with Crippen LogP contribution in [0.4, 0.5) is 5.69 Å². The fraction of sp³-hybridized carbons (Fsp3) is 0.250. The summed E-state index contributed by atoms with van der Waals surface area (Å²) in [6.07, 6.45) is 1.73. The van der Waals surface area contributed by atoms with Gasteiger partial charge < -0.3 is 14.4 Å². The minimum atomic E-state index is -0.0207. The Morgan fingerprint density at radius 3 is 2.62 bits per heavy atom. The second-order valence-corrected chi connectivity index (χ2v) is 5.20. The number of amides is 1. The van der Waals surface area contributed by atoms with Crippen LogP contribution in [0.3, 0.4) is 0 Å². The van der Waals surface area contributed by atoms with Crippen molar-refractivity contribution in [3.63, 3.8) is 0 Å². The van der Waals surface area contributed by atoms with E-state index in [-0.39, 0.29) is 5.91 Å². The molecule has 1 aromatic carbocycles. The van der Waals surface area contributed by atoms with Crippen LogP contribution in [0, 0.1) is 6.92 Å². The Labute approximate surface area is 122 Å². The molecule has 0 unspecified atom stereocenters. The van der Waals surface area contributed by atoms with Crippen molar-refractivity contribution >= 4 is 11.6 Å². The average Bonchev–Trinajstić information content (AvgIpc) is 2.82. The van der Waals surface area contributed by atoms with E-state index in [0.717, 1.165) is 22.7 Å². The maximum atomic E-state index is 12.6. The third kappa shape index (κ3) is 1.93. The van der Waals surface area contributed by atoms with Crippen LogP contribution in [0.15, 0.2) is 30.5 Å². The number of hydrogen-bond acceptors (Lipinski definition) is 4. The molecule has 0 radical (unpaired) electrons. The zero-order valence-corrected chi connectivity index (χ0v) is 11.6. The number of benzene rings is 1. The number of rotatable bonds is 1. The Morgan fingerprint density at radius 1 is 1.14 bits per heavy atom. The maximum absolute atomic E-state index is 12.6. The molecule has 0 fully saturated rings. The first-order valence-corrected chi connectivity index (χ1v) is 6.89. The number of aromatic nitrogens is 1. The van der Waals surface area contributed by atoms with Gasteiger partial charge in [0.15, 0.2) is 11.5 Å². The van der Waals surface area contributed by atoms with Crippen molar-refractivity contribution < 1.29 is 14.3 Å². The van der Waals surface area contributed by atoms with E-state index in [0.29, 0.717) is 31.1 Å². The monoisotopic (exact) mass is 282 g/mol. The molecule has 0 spiro atoms. The molecule has 0 saturated heterocycles. The van der Waals surface area contributed by atoms with Crippen molar-refractivity contribution in [2.24, 2.45) is 0 Å². The van der Waals surface area contributed by atoms with Crippen LogP contribution < -0.4 is 14.4 Å². The van der Waals surface area contributed by atoms with Gasteiger partial charge >= 0.3 is 0 Å². The standard InChI is InChI=1S/C16H14N2O3/c1-10-2-3-12(8-17-10)18-9-11-6-14-15(21-5-4-20-14)7-13(11)16(18)19/h2-3,6-8H,4-5,9H2,1H3. The van der Waals surface area contributed by atoms with Gasteiger partial charge in [-0.05, 0) is 36.8 Å². The molecule has 106 valence electrons. The topological polar surface area (TPSA) is 51.7 Å². The van der Waals surface area contributed by atoms with Crippen molar-refractivity contribution in [3.05, 3.63) is 47.3 Å². The minimum Gasteiger partial charge on any atom is -0.486 e. The molecular weight excluding hydrogens is 268 g/mol. The second kappa shape index (κ2) is 4.48. The molecule has 0 atom stereocenters. The lowest BCUT2D eigenvalue weighted by Gasteiger charge is -2.18. The molecule has 3 heterocycles. The number of hydrogen-bond donors (Lipinski definition) is 0. The van der Waals surface area contributed by atoms with Crippen LogP contribution in [0.1, 0.15) is 21.6 Å². The first-order valence-electron chi connectivity index (χ1n) is 6.89. The van der Waals surface area contributed by atoms with E-state index in [9.17, 15) is 4.79 Å². The van der Waals surface area contributed by atoms with Crippen LogP contribution in [-0.4, -0.2) is 24.1 Å². The Bertz CT molecular complexity index is 725. The highest BCUT2D eigenvalue weighted by Gasteiger charge is 2.31. The number of carbonyl (C=O) groups is 1. The van der Waals surface area contributed by atoms with Gasteiger partial charge in [-0.15, -0.1) is 0 Å². The van der Waals surface area contributed by atoms with E-state index in [1.54, 1.807) is 17.2 Å². The summed E-state index contributed by atoms with van der Waals surface area (Å²) in [4.78, 5) is 18.5. The van der Waals surface area contributed by atoms with Crippen LogP contribution in [0.2, 0.25) is 0 Å². The van der Waals surface area contributed by atoms with Crippen molar-refractivity contribution in [2.45, 2.75) is 13.5 Å². The molecule has 2 aromatic rings. The molecular formula is C16H14N2O3. The number of pyridine rings is 1. The molecule has 2 aliphatic rings. The highest BCUT2D eigenvalue weighted by molar-refractivity contribution is 6.10. The highest BCUT2D eigenvalue weighted by atomic mass is 16.6. The summed E-state index contributed by atoms with van der Waals surface area (Å²) in [5, 5.41) is 0. The Hall–Kier alpha value is -2.56. The van der Waals surface area contributed by atoms with Crippen molar-refractivity contribution in [3.8, 4) is 11.5 Å². The van der Waals surface area contributed by atoms with Crippen LogP contribution in [0.5, 0.6) is 11.5 Å². The predicted octanol–water partition coefficient (Wildman–Crippen LogP) is 2.32. The van der Waals surface area contributed by atoms with Gasteiger partial charge in [0.1, 0.15) is 13.2 Å². The quantitative estimate of drug-likeness (QED) is 0.805. The van der Waals surface area contributed by atoms with Crippen molar-refractivity contribution in [2.75, 3.05) is 18.1 Å². The minimum absolute atomic E-state index is 0.0207. The van der Waals surface area contributed by atoms with Gasteiger partial charge in [0.2, 0.25) is 0 Å². The van der Waals surface area contributed by atoms with Gasteiger partial charge in [-0.1, -0.05) is 0 Å². The van der Waals surface area contributed by atoms with Crippen molar-refractivity contribution in [1.82, 2.24) is 4.98 Å². The lowest BCUT2D eigenvalue weighted by atomic mass is 10.1. The van der Waals surface area contributed by atoms with E-state index >= 15 is 0 Å². The third-order valence-electron chi connectivity index (χ3n) is 3.78. The van der Waals surface area contributed by atoms with Gasteiger partial charge in [0.25, 0.3) is 5.91 Å². The van der Waals surface area contributed by atoms with Crippen LogP contribution in [-0.2, 0) is 6.54 Å². The molecule has 5 nitrogen and oxygen atoms in total. The zero-order valence-electron chi connectivity index (χ0n) is 11.6. The van der Waals surface area contributed by atoms with Crippen molar-refractivity contribution in [1.29, 1.82) is 0 Å². The molecule has 2 aliphatic heterocycles. The van der Waals surface area contributed by atoms with Gasteiger partial charge in [-0.25, -0.2) is 0 Å².